The Kier molecular flexibility index (Phi) is 6.67. The first kappa shape index (κ1) is 23.8. The van der Waals surface area contributed by atoms with Crippen molar-refractivity contribution in [2.45, 2.75) is 24.8 Å². The van der Waals surface area contributed by atoms with Crippen LogP contribution in [0.2, 0.25) is 0 Å². The molecule has 1 saturated heterocycles. The van der Waals surface area contributed by atoms with E-state index in [1.165, 1.54) is 10.4 Å². The Bertz CT molecular complexity index is 1190. The molecule has 2 aliphatic rings. The highest BCUT2D eigenvalue weighted by Gasteiger charge is 2.33. The van der Waals surface area contributed by atoms with Crippen LogP contribution in [0.15, 0.2) is 41.3 Å². The number of nitrogens with one attached hydrogen (secondary N) is 1. The second-order valence-electron chi connectivity index (χ2n) is 8.11. The van der Waals surface area contributed by atoms with Gasteiger partial charge in [-0.2, -0.15) is 4.31 Å². The minimum absolute atomic E-state index is 0.122. The average molecular weight is 490 g/mol. The molecule has 0 aromatic heterocycles. The van der Waals surface area contributed by atoms with Gasteiger partial charge in [-0.05, 0) is 49.7 Å². The number of carbonyl (C=O) groups excluding carboxylic acids is 2. The van der Waals surface area contributed by atoms with Crippen molar-refractivity contribution in [1.29, 1.82) is 0 Å². The number of benzene rings is 2. The third-order valence-corrected chi connectivity index (χ3v) is 7.88. The highest BCUT2D eigenvalue weighted by molar-refractivity contribution is 7.89. The molecule has 2 aliphatic heterocycles. The fourth-order valence-electron chi connectivity index (χ4n) is 3.85. The van der Waals surface area contributed by atoms with Gasteiger partial charge in [0.05, 0.1) is 17.7 Å². The Morgan fingerprint density at radius 2 is 1.76 bits per heavy atom. The molecule has 0 unspecified atom stereocenters. The number of methoxy groups -OCH3 is 1. The van der Waals surface area contributed by atoms with Crippen molar-refractivity contribution < 1.29 is 32.2 Å². The van der Waals surface area contributed by atoms with Crippen LogP contribution in [0.25, 0.3) is 0 Å². The molecule has 2 heterocycles. The van der Waals surface area contributed by atoms with Crippen molar-refractivity contribution in [1.82, 2.24) is 9.21 Å². The lowest BCUT2D eigenvalue weighted by atomic mass is 10.1. The van der Waals surface area contributed by atoms with E-state index in [0.717, 1.165) is 0 Å². The predicted molar refractivity (Wildman–Crippen MR) is 124 cm³/mol. The number of piperazine rings is 1. The standard InChI is InChI=1S/C23H27N3O7S/c1-15-12-19-20(33-16(2)23(28)24-19)13-21(15)34(29,30)26-10-8-25(9-11-26)22(27)14-32-18-6-4-17(31-3)5-7-18/h4-7,12-13,16H,8-11,14H2,1-3H3,(H,24,28)/t16-/m0/s1. The number of aryl methyl sites for hydroxylation is 1. The number of anilines is 1. The predicted octanol–water partition coefficient (Wildman–Crippen LogP) is 1.63. The maximum absolute atomic E-state index is 13.3. The zero-order chi connectivity index (χ0) is 24.5. The zero-order valence-corrected chi connectivity index (χ0v) is 20.1. The molecule has 4 rings (SSSR count). The number of sulfonamides is 1. The van der Waals surface area contributed by atoms with Crippen molar-refractivity contribution >= 4 is 27.5 Å². The Morgan fingerprint density at radius 3 is 2.41 bits per heavy atom. The minimum atomic E-state index is -3.81. The van der Waals surface area contributed by atoms with Crippen molar-refractivity contribution in [2.75, 3.05) is 45.2 Å². The van der Waals surface area contributed by atoms with Crippen LogP contribution in [-0.2, 0) is 19.6 Å². The van der Waals surface area contributed by atoms with E-state index in [1.807, 2.05) is 0 Å². The van der Waals surface area contributed by atoms with Crippen LogP contribution in [0.4, 0.5) is 5.69 Å². The number of hydrogen-bond acceptors (Lipinski definition) is 7. The van der Waals surface area contributed by atoms with Gasteiger partial charge in [-0.3, -0.25) is 9.59 Å². The first-order chi connectivity index (χ1) is 16.2. The molecule has 0 spiro atoms. The van der Waals surface area contributed by atoms with Crippen LogP contribution in [0.1, 0.15) is 12.5 Å². The van der Waals surface area contributed by atoms with E-state index >= 15 is 0 Å². The molecule has 182 valence electrons. The van der Waals surface area contributed by atoms with E-state index in [1.54, 1.807) is 56.2 Å². The molecule has 34 heavy (non-hydrogen) atoms. The molecule has 0 bridgehead atoms. The van der Waals surface area contributed by atoms with E-state index in [0.29, 0.717) is 28.5 Å². The summed E-state index contributed by atoms with van der Waals surface area (Å²) in [5, 5.41) is 2.72. The summed E-state index contributed by atoms with van der Waals surface area (Å²) >= 11 is 0. The van der Waals surface area contributed by atoms with Crippen LogP contribution in [-0.4, -0.2) is 75.4 Å². The smallest absolute Gasteiger partial charge is 0.265 e. The van der Waals surface area contributed by atoms with Crippen LogP contribution >= 0.6 is 0 Å². The van der Waals surface area contributed by atoms with Gasteiger partial charge in [0.15, 0.2) is 12.7 Å². The summed E-state index contributed by atoms with van der Waals surface area (Å²) in [6, 6.07) is 9.97. The molecular formula is C23H27N3O7S. The monoisotopic (exact) mass is 489 g/mol. The lowest BCUT2D eigenvalue weighted by molar-refractivity contribution is -0.134. The summed E-state index contributed by atoms with van der Waals surface area (Å²) < 4.78 is 44.2. The van der Waals surface area contributed by atoms with Gasteiger partial charge in [-0.15, -0.1) is 0 Å². The van der Waals surface area contributed by atoms with Gasteiger partial charge >= 0.3 is 0 Å². The molecule has 2 amide bonds. The first-order valence-corrected chi connectivity index (χ1v) is 12.3. The van der Waals surface area contributed by atoms with Gasteiger partial charge < -0.3 is 24.4 Å². The number of hydrogen-bond donors (Lipinski definition) is 1. The summed E-state index contributed by atoms with van der Waals surface area (Å²) in [5.41, 5.74) is 0.954. The zero-order valence-electron chi connectivity index (χ0n) is 19.2. The Hall–Kier alpha value is -3.31. The molecule has 2 aromatic rings. The van der Waals surface area contributed by atoms with E-state index in [4.69, 9.17) is 14.2 Å². The second kappa shape index (κ2) is 9.51. The minimum Gasteiger partial charge on any atom is -0.497 e. The van der Waals surface area contributed by atoms with Crippen molar-refractivity contribution in [3.8, 4) is 17.2 Å². The topological polar surface area (TPSA) is 114 Å². The highest BCUT2D eigenvalue weighted by Crippen LogP contribution is 2.35. The van der Waals surface area contributed by atoms with Crippen molar-refractivity contribution in [2.24, 2.45) is 0 Å². The van der Waals surface area contributed by atoms with Gasteiger partial charge in [-0.1, -0.05) is 0 Å². The van der Waals surface area contributed by atoms with Gasteiger partial charge in [-0.25, -0.2) is 8.42 Å². The number of carbonyl (C=O) groups is 2. The molecule has 2 aromatic carbocycles. The summed E-state index contributed by atoms with van der Waals surface area (Å²) in [4.78, 5) is 26.1. The maximum atomic E-state index is 13.3. The third-order valence-electron chi connectivity index (χ3n) is 5.84. The molecule has 0 aliphatic carbocycles. The summed E-state index contributed by atoms with van der Waals surface area (Å²) in [7, 11) is -2.24. The summed E-state index contributed by atoms with van der Waals surface area (Å²) in [5.74, 6) is 1.07. The number of amides is 2. The van der Waals surface area contributed by atoms with Gasteiger partial charge in [0, 0.05) is 32.2 Å². The van der Waals surface area contributed by atoms with Crippen LogP contribution in [0.5, 0.6) is 17.2 Å². The number of ether oxygens (including phenoxy) is 3. The van der Waals surface area contributed by atoms with E-state index in [-0.39, 0.29) is 49.5 Å². The summed E-state index contributed by atoms with van der Waals surface area (Å²) in [6.07, 6.45) is -0.708. The molecule has 10 nitrogen and oxygen atoms in total. The molecule has 1 N–H and O–H groups in total. The van der Waals surface area contributed by atoms with Crippen LogP contribution in [0.3, 0.4) is 0 Å². The van der Waals surface area contributed by atoms with Crippen molar-refractivity contribution in [3.05, 3.63) is 42.0 Å². The SMILES string of the molecule is COc1ccc(OCC(=O)N2CCN(S(=O)(=O)c3cc4c(cc3C)NC(=O)[C@H](C)O4)CC2)cc1. The first-order valence-electron chi connectivity index (χ1n) is 10.9. The maximum Gasteiger partial charge on any atom is 0.265 e. The molecule has 0 radical (unpaired) electrons. The Morgan fingerprint density at radius 1 is 1.12 bits per heavy atom. The lowest BCUT2D eigenvalue weighted by Gasteiger charge is -2.34. The second-order valence-corrected chi connectivity index (χ2v) is 10.0. The van der Waals surface area contributed by atoms with Crippen LogP contribution < -0.4 is 19.5 Å². The lowest BCUT2D eigenvalue weighted by Crippen LogP contribution is -2.51. The van der Waals surface area contributed by atoms with E-state index in [2.05, 4.69) is 5.32 Å². The van der Waals surface area contributed by atoms with Gasteiger partial charge in [0.25, 0.3) is 11.8 Å². The highest BCUT2D eigenvalue weighted by atomic mass is 32.2. The van der Waals surface area contributed by atoms with Crippen molar-refractivity contribution in [3.63, 3.8) is 0 Å². The Balaban J connectivity index is 1.38. The van der Waals surface area contributed by atoms with Crippen LogP contribution in [0, 0.1) is 6.92 Å². The largest absolute Gasteiger partial charge is 0.497 e. The van der Waals surface area contributed by atoms with Gasteiger partial charge in [0.1, 0.15) is 17.2 Å². The normalized spacial score (nSPS) is 18.5. The molecule has 0 saturated carbocycles. The van der Waals surface area contributed by atoms with E-state index < -0.39 is 16.1 Å². The fourth-order valence-corrected chi connectivity index (χ4v) is 5.49. The molecule has 1 atom stereocenters. The molecule has 1 fully saturated rings. The molecular weight excluding hydrogens is 462 g/mol. The van der Waals surface area contributed by atoms with E-state index in [9.17, 15) is 18.0 Å². The Labute approximate surface area is 198 Å². The number of nitrogens with zero attached hydrogens (tertiary/aromatic N) is 2. The van der Waals surface area contributed by atoms with Gasteiger partial charge in [0.2, 0.25) is 10.0 Å². The number of fused-ring (bicyclic) bond motifs is 1. The fraction of sp³-hybridized carbons (Fsp3) is 0.391. The third kappa shape index (κ3) is 4.80. The number of rotatable bonds is 6. The summed E-state index contributed by atoms with van der Waals surface area (Å²) in [6.45, 7) is 4.00. The molecule has 11 heteroatoms. The quantitative estimate of drug-likeness (QED) is 0.656. The average Bonchev–Trinajstić information content (AvgIpc) is 2.83.